The number of amides is 1. The number of aliphatic hydroxyl groups excluding tert-OH is 1. The Balaban J connectivity index is 4.20. The second-order valence-corrected chi connectivity index (χ2v) is 7.80. The Kier molecular flexibility index (Phi) is 7.95. The van der Waals surface area contributed by atoms with Gasteiger partial charge in [0, 0.05) is 11.7 Å². The Labute approximate surface area is 119 Å². The molecule has 0 aromatic rings. The van der Waals surface area contributed by atoms with E-state index in [0.717, 1.165) is 5.75 Å². The third-order valence-corrected chi connectivity index (χ3v) is 4.47. The Morgan fingerprint density at radius 1 is 1.37 bits per heavy atom. The molecular formula is C11H23NO5S2. The molecule has 114 valence electrons. The summed E-state index contributed by atoms with van der Waals surface area (Å²) in [6, 6.07) is 0. The first kappa shape index (κ1) is 18.7. The number of carbonyl (C=O) groups excluding carboxylic acids is 1. The number of nitrogens with one attached hydrogen (secondary N) is 1. The molecule has 0 bridgehead atoms. The molecule has 0 fully saturated rings. The van der Waals surface area contributed by atoms with E-state index in [2.05, 4.69) is 5.32 Å². The van der Waals surface area contributed by atoms with E-state index < -0.39 is 21.4 Å². The zero-order chi connectivity index (χ0) is 15.1. The molecule has 8 heteroatoms. The first-order valence-electron chi connectivity index (χ1n) is 6.03. The molecule has 0 aliphatic carbocycles. The third kappa shape index (κ3) is 10.2. The zero-order valence-corrected chi connectivity index (χ0v) is 13.2. The van der Waals surface area contributed by atoms with Crippen molar-refractivity contribution in [3.05, 3.63) is 0 Å². The highest BCUT2D eigenvalue weighted by Crippen LogP contribution is 2.12. The highest BCUT2D eigenvalue weighted by Gasteiger charge is 2.28. The maximum atomic E-state index is 11.9. The van der Waals surface area contributed by atoms with Gasteiger partial charge in [-0.1, -0.05) is 6.92 Å². The van der Waals surface area contributed by atoms with Crippen LogP contribution in [0, 0.1) is 5.92 Å². The van der Waals surface area contributed by atoms with Crippen LogP contribution in [0.15, 0.2) is 0 Å². The van der Waals surface area contributed by atoms with Gasteiger partial charge in [-0.15, -0.1) is 0 Å². The van der Waals surface area contributed by atoms with Crippen molar-refractivity contribution in [1.82, 2.24) is 5.32 Å². The molecule has 0 aliphatic heterocycles. The van der Waals surface area contributed by atoms with Crippen LogP contribution in [0.25, 0.3) is 0 Å². The summed E-state index contributed by atoms with van der Waals surface area (Å²) >= 11 is 1.56. The van der Waals surface area contributed by atoms with Crippen molar-refractivity contribution in [3.8, 4) is 0 Å². The standard InChI is InChI=1S/C11H23NO5S2/c1-9(4-6-18-7-5-13)10(14)12-11(2,3)8-19(15,16)17/h9,13H,4-8H2,1-3H3,(H,12,14)(H,15,16,17). The van der Waals surface area contributed by atoms with Crippen molar-refractivity contribution in [2.24, 2.45) is 5.92 Å². The molecule has 19 heavy (non-hydrogen) atoms. The topological polar surface area (TPSA) is 104 Å². The fourth-order valence-corrected chi connectivity index (χ4v) is 3.34. The minimum atomic E-state index is -4.12. The SMILES string of the molecule is CC(CCSCCO)C(=O)NC(C)(C)CS(=O)(=O)O. The number of hydrogen-bond acceptors (Lipinski definition) is 5. The molecular weight excluding hydrogens is 290 g/mol. The minimum Gasteiger partial charge on any atom is -0.396 e. The molecule has 6 nitrogen and oxygen atoms in total. The van der Waals surface area contributed by atoms with Crippen LogP contribution in [0.5, 0.6) is 0 Å². The predicted octanol–water partition coefficient (Wildman–Crippen LogP) is 0.521. The number of thioether (sulfide) groups is 1. The Bertz CT molecular complexity index is 381. The smallest absolute Gasteiger partial charge is 0.267 e. The summed E-state index contributed by atoms with van der Waals surface area (Å²) in [7, 11) is -4.12. The minimum absolute atomic E-state index is 0.118. The molecule has 1 unspecified atom stereocenters. The van der Waals surface area contributed by atoms with E-state index in [1.54, 1.807) is 32.5 Å². The van der Waals surface area contributed by atoms with Gasteiger partial charge in [-0.2, -0.15) is 20.2 Å². The zero-order valence-electron chi connectivity index (χ0n) is 11.5. The Hall–Kier alpha value is -0.310. The van der Waals surface area contributed by atoms with E-state index >= 15 is 0 Å². The number of hydrogen-bond donors (Lipinski definition) is 3. The van der Waals surface area contributed by atoms with Crippen LogP contribution < -0.4 is 5.32 Å². The number of aliphatic hydroxyl groups is 1. The van der Waals surface area contributed by atoms with E-state index in [4.69, 9.17) is 9.66 Å². The van der Waals surface area contributed by atoms with Crippen LogP contribution in [-0.2, 0) is 14.9 Å². The summed E-state index contributed by atoms with van der Waals surface area (Å²) in [4.78, 5) is 11.9. The lowest BCUT2D eigenvalue weighted by molar-refractivity contribution is -0.125. The van der Waals surface area contributed by atoms with Gasteiger partial charge >= 0.3 is 0 Å². The quantitative estimate of drug-likeness (QED) is 0.423. The lowest BCUT2D eigenvalue weighted by Gasteiger charge is -2.26. The summed E-state index contributed by atoms with van der Waals surface area (Å²) in [6.07, 6.45) is 0.651. The third-order valence-electron chi connectivity index (χ3n) is 2.38. The lowest BCUT2D eigenvalue weighted by atomic mass is 10.0. The van der Waals surface area contributed by atoms with Gasteiger partial charge in [0.2, 0.25) is 5.91 Å². The predicted molar refractivity (Wildman–Crippen MR) is 76.8 cm³/mol. The average Bonchev–Trinajstić information content (AvgIpc) is 2.19. The van der Waals surface area contributed by atoms with Crippen LogP contribution in [0.3, 0.4) is 0 Å². The highest BCUT2D eigenvalue weighted by atomic mass is 32.2. The van der Waals surface area contributed by atoms with Crippen LogP contribution in [0.2, 0.25) is 0 Å². The monoisotopic (exact) mass is 313 g/mol. The molecule has 1 amide bonds. The molecule has 0 rings (SSSR count). The van der Waals surface area contributed by atoms with E-state index in [1.807, 2.05) is 0 Å². The second kappa shape index (κ2) is 8.08. The maximum absolute atomic E-state index is 11.9. The fraction of sp³-hybridized carbons (Fsp3) is 0.909. The molecule has 0 aliphatic rings. The summed E-state index contributed by atoms with van der Waals surface area (Å²) < 4.78 is 30.4. The summed E-state index contributed by atoms with van der Waals surface area (Å²) in [6.45, 7) is 4.98. The normalized spacial score (nSPS) is 14.2. The van der Waals surface area contributed by atoms with Gasteiger partial charge in [-0.25, -0.2) is 0 Å². The lowest BCUT2D eigenvalue weighted by Crippen LogP contribution is -2.50. The van der Waals surface area contributed by atoms with Crippen molar-refractivity contribution in [2.75, 3.05) is 23.9 Å². The van der Waals surface area contributed by atoms with Crippen molar-refractivity contribution >= 4 is 27.8 Å². The number of rotatable bonds is 9. The van der Waals surface area contributed by atoms with Crippen LogP contribution in [0.4, 0.5) is 0 Å². The van der Waals surface area contributed by atoms with Crippen molar-refractivity contribution in [2.45, 2.75) is 32.7 Å². The van der Waals surface area contributed by atoms with E-state index in [0.29, 0.717) is 12.2 Å². The number of carbonyl (C=O) groups is 1. The van der Waals surface area contributed by atoms with E-state index in [9.17, 15) is 13.2 Å². The average molecular weight is 313 g/mol. The van der Waals surface area contributed by atoms with E-state index in [-0.39, 0.29) is 18.4 Å². The van der Waals surface area contributed by atoms with Crippen LogP contribution in [0.1, 0.15) is 27.2 Å². The van der Waals surface area contributed by atoms with Gasteiger partial charge in [-0.3, -0.25) is 9.35 Å². The molecule has 0 radical (unpaired) electrons. The first-order valence-corrected chi connectivity index (χ1v) is 8.79. The summed E-state index contributed by atoms with van der Waals surface area (Å²) in [5.41, 5.74) is -1.00. The Morgan fingerprint density at radius 3 is 2.42 bits per heavy atom. The molecule has 0 heterocycles. The van der Waals surface area contributed by atoms with Gasteiger partial charge in [0.1, 0.15) is 0 Å². The first-order chi connectivity index (χ1) is 8.57. The molecule has 0 aromatic carbocycles. The molecule has 3 N–H and O–H groups in total. The highest BCUT2D eigenvalue weighted by molar-refractivity contribution is 7.99. The Morgan fingerprint density at radius 2 is 1.95 bits per heavy atom. The maximum Gasteiger partial charge on any atom is 0.267 e. The van der Waals surface area contributed by atoms with Crippen molar-refractivity contribution in [3.63, 3.8) is 0 Å². The van der Waals surface area contributed by atoms with Gasteiger partial charge in [0.05, 0.1) is 17.9 Å². The van der Waals surface area contributed by atoms with Crippen molar-refractivity contribution in [1.29, 1.82) is 0 Å². The van der Waals surface area contributed by atoms with Crippen LogP contribution in [-0.4, -0.2) is 53.4 Å². The van der Waals surface area contributed by atoms with Gasteiger partial charge in [0.15, 0.2) is 0 Å². The van der Waals surface area contributed by atoms with Crippen molar-refractivity contribution < 1.29 is 22.9 Å². The van der Waals surface area contributed by atoms with Gasteiger partial charge < -0.3 is 10.4 Å². The largest absolute Gasteiger partial charge is 0.396 e. The fourth-order valence-electron chi connectivity index (χ4n) is 1.51. The second-order valence-electron chi connectivity index (χ2n) is 5.13. The molecule has 0 saturated heterocycles. The van der Waals surface area contributed by atoms with E-state index in [1.165, 1.54) is 0 Å². The molecule has 1 atom stereocenters. The summed E-state index contributed by atoms with van der Waals surface area (Å²) in [5, 5.41) is 11.2. The van der Waals surface area contributed by atoms with Crippen LogP contribution >= 0.6 is 11.8 Å². The molecule has 0 aromatic heterocycles. The molecule has 0 spiro atoms. The molecule has 0 saturated carbocycles. The summed E-state index contributed by atoms with van der Waals surface area (Å²) in [5.74, 6) is 0.402. The van der Waals surface area contributed by atoms with Gasteiger partial charge in [-0.05, 0) is 26.0 Å². The van der Waals surface area contributed by atoms with Gasteiger partial charge in [0.25, 0.3) is 10.1 Å².